The third-order valence-corrected chi connectivity index (χ3v) is 2.34. The van der Waals surface area contributed by atoms with Crippen molar-refractivity contribution in [1.29, 1.82) is 0 Å². The van der Waals surface area contributed by atoms with Gasteiger partial charge in [0, 0.05) is 0 Å². The Labute approximate surface area is 92.6 Å². The summed E-state index contributed by atoms with van der Waals surface area (Å²) in [5.41, 5.74) is 0.281. The topological polar surface area (TPSA) is 41.1 Å². The molecule has 0 aliphatic carbocycles. The molecule has 0 radical (unpaired) electrons. The zero-order chi connectivity index (χ0) is 11.4. The number of hydrogen-bond donors (Lipinski definition) is 2. The Morgan fingerprint density at radius 2 is 2.20 bits per heavy atom. The summed E-state index contributed by atoms with van der Waals surface area (Å²) < 4.78 is 12.9. The lowest BCUT2D eigenvalue weighted by atomic mass is 10.2. The van der Waals surface area contributed by atoms with Crippen molar-refractivity contribution in [3.8, 4) is 0 Å². The fraction of sp³-hybridized carbons (Fsp3) is 0.300. The number of nitrogens with one attached hydrogen (secondary N) is 2. The molecule has 0 heterocycles. The summed E-state index contributed by atoms with van der Waals surface area (Å²) in [4.78, 5) is 11.5. The minimum Gasteiger partial charge on any atom is -0.323 e. The third-order valence-electron chi connectivity index (χ3n) is 2.01. The van der Waals surface area contributed by atoms with E-state index >= 15 is 0 Å². The molecule has 0 saturated carbocycles. The average Bonchev–Trinajstić information content (AvgIpc) is 2.22. The van der Waals surface area contributed by atoms with E-state index in [1.54, 1.807) is 14.0 Å². The van der Waals surface area contributed by atoms with Crippen LogP contribution < -0.4 is 10.6 Å². The summed E-state index contributed by atoms with van der Waals surface area (Å²) in [6.45, 7) is 1.70. The quantitative estimate of drug-likeness (QED) is 0.834. The Morgan fingerprint density at radius 1 is 1.53 bits per heavy atom. The number of benzene rings is 1. The van der Waals surface area contributed by atoms with E-state index in [1.165, 1.54) is 18.2 Å². The monoisotopic (exact) mass is 230 g/mol. The molecule has 0 aliphatic heterocycles. The second kappa shape index (κ2) is 5.09. The Morgan fingerprint density at radius 3 is 2.80 bits per heavy atom. The SMILES string of the molecule is CNC(C)C(=O)Nc1cc(F)ccc1Cl. The smallest absolute Gasteiger partial charge is 0.241 e. The molecule has 0 bridgehead atoms. The van der Waals surface area contributed by atoms with E-state index < -0.39 is 5.82 Å². The van der Waals surface area contributed by atoms with Gasteiger partial charge in [0.25, 0.3) is 0 Å². The van der Waals surface area contributed by atoms with E-state index in [-0.39, 0.29) is 17.6 Å². The molecule has 1 unspecified atom stereocenters. The van der Waals surface area contributed by atoms with Gasteiger partial charge in [-0.25, -0.2) is 4.39 Å². The normalized spacial score (nSPS) is 12.3. The van der Waals surface area contributed by atoms with Gasteiger partial charge in [0.2, 0.25) is 5.91 Å². The van der Waals surface area contributed by atoms with Crippen molar-refractivity contribution in [3.63, 3.8) is 0 Å². The van der Waals surface area contributed by atoms with Crippen molar-refractivity contribution < 1.29 is 9.18 Å². The molecule has 5 heteroatoms. The van der Waals surface area contributed by atoms with Gasteiger partial charge in [0.1, 0.15) is 5.82 Å². The molecule has 0 aromatic heterocycles. The molecule has 1 atom stereocenters. The molecule has 82 valence electrons. The van der Waals surface area contributed by atoms with E-state index in [4.69, 9.17) is 11.6 Å². The Balaban J connectivity index is 2.80. The number of halogens is 2. The van der Waals surface area contributed by atoms with Crippen molar-refractivity contribution in [1.82, 2.24) is 5.32 Å². The summed E-state index contributed by atoms with van der Waals surface area (Å²) in [5.74, 6) is -0.697. The maximum absolute atomic E-state index is 12.9. The highest BCUT2D eigenvalue weighted by atomic mass is 35.5. The Hall–Kier alpha value is -1.13. The lowest BCUT2D eigenvalue weighted by molar-refractivity contribution is -0.117. The van der Waals surface area contributed by atoms with Crippen LogP contribution >= 0.6 is 11.6 Å². The van der Waals surface area contributed by atoms with Crippen LogP contribution in [0.3, 0.4) is 0 Å². The van der Waals surface area contributed by atoms with Gasteiger partial charge in [-0.15, -0.1) is 0 Å². The van der Waals surface area contributed by atoms with Crippen molar-refractivity contribution in [2.75, 3.05) is 12.4 Å². The molecule has 0 fully saturated rings. The van der Waals surface area contributed by atoms with Crippen LogP contribution in [0.25, 0.3) is 0 Å². The predicted molar refractivity (Wildman–Crippen MR) is 58.6 cm³/mol. The molecule has 1 aromatic rings. The molecular formula is C10H12ClFN2O. The maximum Gasteiger partial charge on any atom is 0.241 e. The number of carbonyl (C=O) groups excluding carboxylic acids is 1. The number of anilines is 1. The fourth-order valence-corrected chi connectivity index (χ4v) is 1.13. The van der Waals surface area contributed by atoms with Crippen molar-refractivity contribution in [3.05, 3.63) is 29.0 Å². The van der Waals surface area contributed by atoms with Crippen LogP contribution in [-0.4, -0.2) is 19.0 Å². The summed E-state index contributed by atoms with van der Waals surface area (Å²) in [7, 11) is 1.66. The number of likely N-dealkylation sites (N-methyl/N-ethyl adjacent to an activating group) is 1. The first-order valence-electron chi connectivity index (χ1n) is 4.47. The summed E-state index contributed by atoms with van der Waals surface area (Å²) in [6.07, 6.45) is 0. The highest BCUT2D eigenvalue weighted by Crippen LogP contribution is 2.22. The van der Waals surface area contributed by atoms with Crippen LogP contribution in [0.15, 0.2) is 18.2 Å². The molecule has 0 spiro atoms. The lowest BCUT2D eigenvalue weighted by Crippen LogP contribution is -2.35. The van der Waals surface area contributed by atoms with Gasteiger partial charge in [-0.05, 0) is 32.2 Å². The predicted octanol–water partition coefficient (Wildman–Crippen LogP) is 2.03. The van der Waals surface area contributed by atoms with E-state index in [9.17, 15) is 9.18 Å². The van der Waals surface area contributed by atoms with Crippen molar-refractivity contribution >= 4 is 23.2 Å². The molecule has 1 rings (SSSR count). The Bertz CT molecular complexity index is 370. The number of carbonyl (C=O) groups is 1. The van der Waals surface area contributed by atoms with E-state index in [0.717, 1.165) is 0 Å². The first kappa shape index (κ1) is 11.9. The second-order valence-electron chi connectivity index (χ2n) is 3.12. The van der Waals surface area contributed by atoms with Crippen LogP contribution in [0.1, 0.15) is 6.92 Å². The highest BCUT2D eigenvalue weighted by Gasteiger charge is 2.12. The largest absolute Gasteiger partial charge is 0.323 e. The first-order chi connectivity index (χ1) is 7.04. The molecule has 0 saturated heterocycles. The molecule has 2 N–H and O–H groups in total. The molecule has 3 nitrogen and oxygen atoms in total. The number of rotatable bonds is 3. The van der Waals surface area contributed by atoms with Crippen LogP contribution in [0.2, 0.25) is 5.02 Å². The van der Waals surface area contributed by atoms with E-state index in [1.807, 2.05) is 0 Å². The summed E-state index contributed by atoms with van der Waals surface area (Å²) in [5, 5.41) is 5.61. The third kappa shape index (κ3) is 3.18. The van der Waals surface area contributed by atoms with Gasteiger partial charge in [-0.3, -0.25) is 4.79 Å². The molecule has 1 aromatic carbocycles. The standard InChI is InChI=1S/C10H12ClFN2O/c1-6(13-2)10(15)14-9-5-7(12)3-4-8(9)11/h3-6,13H,1-2H3,(H,14,15). The number of amides is 1. The zero-order valence-electron chi connectivity index (χ0n) is 8.47. The molecule has 1 amide bonds. The lowest BCUT2D eigenvalue weighted by Gasteiger charge is -2.11. The fourth-order valence-electron chi connectivity index (χ4n) is 0.965. The molecule has 0 aliphatic rings. The Kier molecular flexibility index (Phi) is 4.05. The zero-order valence-corrected chi connectivity index (χ0v) is 9.23. The average molecular weight is 231 g/mol. The van der Waals surface area contributed by atoms with E-state index in [2.05, 4.69) is 10.6 Å². The molecule has 15 heavy (non-hydrogen) atoms. The van der Waals surface area contributed by atoms with Crippen LogP contribution in [0.5, 0.6) is 0 Å². The minimum atomic E-state index is -0.438. The van der Waals surface area contributed by atoms with Gasteiger partial charge in [0.15, 0.2) is 0 Å². The van der Waals surface area contributed by atoms with Gasteiger partial charge < -0.3 is 10.6 Å². The first-order valence-corrected chi connectivity index (χ1v) is 4.85. The highest BCUT2D eigenvalue weighted by molar-refractivity contribution is 6.33. The maximum atomic E-state index is 12.9. The van der Waals surface area contributed by atoms with Gasteiger partial charge in [0.05, 0.1) is 16.8 Å². The number of hydrogen-bond acceptors (Lipinski definition) is 2. The van der Waals surface area contributed by atoms with Gasteiger partial charge >= 0.3 is 0 Å². The van der Waals surface area contributed by atoms with Crippen LogP contribution in [0.4, 0.5) is 10.1 Å². The summed E-state index contributed by atoms with van der Waals surface area (Å²) >= 11 is 5.79. The van der Waals surface area contributed by atoms with Crippen molar-refractivity contribution in [2.45, 2.75) is 13.0 Å². The second-order valence-corrected chi connectivity index (χ2v) is 3.53. The minimum absolute atomic E-state index is 0.259. The van der Waals surface area contributed by atoms with Gasteiger partial charge in [-0.1, -0.05) is 11.6 Å². The summed E-state index contributed by atoms with van der Waals surface area (Å²) in [6, 6.07) is 3.46. The van der Waals surface area contributed by atoms with Crippen molar-refractivity contribution in [2.24, 2.45) is 0 Å². The molecular weight excluding hydrogens is 219 g/mol. The van der Waals surface area contributed by atoms with E-state index in [0.29, 0.717) is 5.02 Å². The van der Waals surface area contributed by atoms with Crippen LogP contribution in [-0.2, 0) is 4.79 Å². The van der Waals surface area contributed by atoms with Gasteiger partial charge in [-0.2, -0.15) is 0 Å². The van der Waals surface area contributed by atoms with Crippen LogP contribution in [0, 0.1) is 5.82 Å².